The van der Waals surface area contributed by atoms with E-state index in [2.05, 4.69) is 27.9 Å². The molecule has 21 heavy (non-hydrogen) atoms. The molecule has 1 saturated carbocycles. The van der Waals surface area contributed by atoms with Gasteiger partial charge in [-0.25, -0.2) is 0 Å². The van der Waals surface area contributed by atoms with Crippen LogP contribution >= 0.6 is 24.0 Å². The second kappa shape index (κ2) is 11.1. The minimum absolute atomic E-state index is 0. The van der Waals surface area contributed by atoms with Crippen LogP contribution in [0, 0.1) is 5.92 Å². The van der Waals surface area contributed by atoms with Gasteiger partial charge in [-0.15, -0.1) is 24.0 Å². The van der Waals surface area contributed by atoms with Crippen molar-refractivity contribution in [1.29, 1.82) is 0 Å². The molecular weight excluding hydrogens is 379 g/mol. The van der Waals surface area contributed by atoms with E-state index in [1.54, 1.807) is 7.05 Å². The van der Waals surface area contributed by atoms with Crippen molar-refractivity contribution in [2.75, 3.05) is 13.6 Å². The Kier molecular flexibility index (Phi) is 10.8. The molecule has 5 nitrogen and oxygen atoms in total. The van der Waals surface area contributed by atoms with Gasteiger partial charge in [-0.1, -0.05) is 26.2 Å². The number of hydrogen-bond donors (Lipinski definition) is 3. The van der Waals surface area contributed by atoms with Crippen LogP contribution < -0.4 is 16.0 Å². The van der Waals surface area contributed by atoms with E-state index in [9.17, 15) is 4.79 Å². The predicted octanol–water partition coefficient (Wildman–Crippen LogP) is 2.26. The van der Waals surface area contributed by atoms with Gasteiger partial charge in [0, 0.05) is 19.1 Å². The molecule has 1 aliphatic rings. The lowest BCUT2D eigenvalue weighted by molar-refractivity contribution is -0.120. The predicted molar refractivity (Wildman–Crippen MR) is 99.2 cm³/mol. The van der Waals surface area contributed by atoms with Gasteiger partial charge in [0.1, 0.15) is 0 Å². The number of nitrogens with zero attached hydrogens (tertiary/aromatic N) is 1. The maximum absolute atomic E-state index is 11.6. The second-order valence-electron chi connectivity index (χ2n) is 5.93. The first-order chi connectivity index (χ1) is 9.55. The largest absolute Gasteiger partial charge is 0.354 e. The summed E-state index contributed by atoms with van der Waals surface area (Å²) in [6, 6.07) is 0.649. The van der Waals surface area contributed by atoms with Crippen molar-refractivity contribution in [3.05, 3.63) is 0 Å². The molecule has 124 valence electrons. The van der Waals surface area contributed by atoms with Gasteiger partial charge in [0.05, 0.1) is 6.54 Å². The normalized spacial score (nSPS) is 22.4. The molecule has 1 fully saturated rings. The third-order valence-corrected chi connectivity index (χ3v) is 3.79. The number of halogens is 1. The van der Waals surface area contributed by atoms with Crippen LogP contribution in [-0.4, -0.2) is 37.5 Å². The summed E-state index contributed by atoms with van der Waals surface area (Å²) in [4.78, 5) is 15.8. The fraction of sp³-hybridized carbons (Fsp3) is 0.867. The highest BCUT2D eigenvalue weighted by Crippen LogP contribution is 2.26. The third kappa shape index (κ3) is 8.48. The zero-order chi connectivity index (χ0) is 15.0. The molecule has 0 aromatic rings. The second-order valence-corrected chi connectivity index (χ2v) is 5.93. The van der Waals surface area contributed by atoms with E-state index in [4.69, 9.17) is 0 Å². The van der Waals surface area contributed by atoms with Crippen LogP contribution in [0.5, 0.6) is 0 Å². The lowest BCUT2D eigenvalue weighted by atomic mass is 9.84. The molecule has 0 aromatic carbocycles. The van der Waals surface area contributed by atoms with Crippen molar-refractivity contribution < 1.29 is 4.79 Å². The number of hydrogen-bond acceptors (Lipinski definition) is 2. The standard InChI is InChI=1S/C15H30N4O.HI/c1-5-12-7-6-8-13(9-12)19-15(16-4)17-10-14(20)18-11(2)3;/h11-13H,5-10H2,1-4H3,(H,18,20)(H2,16,17,19);1H. The van der Waals surface area contributed by atoms with Gasteiger partial charge in [0.15, 0.2) is 5.96 Å². The first kappa shape index (κ1) is 20.5. The highest BCUT2D eigenvalue weighted by atomic mass is 127. The van der Waals surface area contributed by atoms with Crippen molar-refractivity contribution in [1.82, 2.24) is 16.0 Å². The van der Waals surface area contributed by atoms with Gasteiger partial charge in [0.2, 0.25) is 5.91 Å². The Balaban J connectivity index is 0.00000400. The van der Waals surface area contributed by atoms with Crippen LogP contribution in [0.3, 0.4) is 0 Å². The SMILES string of the molecule is CCC1CCCC(NC(=NC)NCC(=O)NC(C)C)C1.I. The number of amides is 1. The van der Waals surface area contributed by atoms with Gasteiger partial charge in [-0.2, -0.15) is 0 Å². The monoisotopic (exact) mass is 410 g/mol. The van der Waals surface area contributed by atoms with Gasteiger partial charge >= 0.3 is 0 Å². The van der Waals surface area contributed by atoms with E-state index < -0.39 is 0 Å². The van der Waals surface area contributed by atoms with Crippen molar-refractivity contribution in [2.45, 2.75) is 65.0 Å². The maximum atomic E-state index is 11.6. The fourth-order valence-electron chi connectivity index (χ4n) is 2.72. The molecule has 0 aromatic heterocycles. The minimum Gasteiger partial charge on any atom is -0.354 e. The van der Waals surface area contributed by atoms with Gasteiger partial charge < -0.3 is 16.0 Å². The van der Waals surface area contributed by atoms with E-state index in [0.717, 1.165) is 11.9 Å². The lowest BCUT2D eigenvalue weighted by Crippen LogP contribution is -2.48. The number of carbonyl (C=O) groups is 1. The quantitative estimate of drug-likeness (QED) is 0.370. The molecule has 1 rings (SSSR count). The maximum Gasteiger partial charge on any atom is 0.239 e. The molecule has 2 atom stereocenters. The van der Waals surface area contributed by atoms with E-state index >= 15 is 0 Å². The molecule has 0 bridgehead atoms. The lowest BCUT2D eigenvalue weighted by Gasteiger charge is -2.30. The molecule has 3 N–H and O–H groups in total. The third-order valence-electron chi connectivity index (χ3n) is 3.79. The fourth-order valence-corrected chi connectivity index (χ4v) is 2.72. The van der Waals surface area contributed by atoms with Crippen molar-refractivity contribution in [3.63, 3.8) is 0 Å². The Morgan fingerprint density at radius 2 is 2.05 bits per heavy atom. The summed E-state index contributed by atoms with van der Waals surface area (Å²) in [5.41, 5.74) is 0. The highest BCUT2D eigenvalue weighted by molar-refractivity contribution is 14.0. The van der Waals surface area contributed by atoms with E-state index in [1.165, 1.54) is 32.1 Å². The average molecular weight is 410 g/mol. The summed E-state index contributed by atoms with van der Waals surface area (Å²) in [5, 5.41) is 9.38. The Labute approximate surface area is 146 Å². The van der Waals surface area contributed by atoms with Crippen molar-refractivity contribution in [3.8, 4) is 0 Å². The number of aliphatic imine (C=N–C) groups is 1. The number of nitrogens with one attached hydrogen (secondary N) is 3. The van der Waals surface area contributed by atoms with Crippen molar-refractivity contribution >= 4 is 35.8 Å². The Hall–Kier alpha value is -0.530. The number of guanidine groups is 1. The van der Waals surface area contributed by atoms with E-state index in [0.29, 0.717) is 6.04 Å². The zero-order valence-electron chi connectivity index (χ0n) is 13.7. The van der Waals surface area contributed by atoms with Crippen LogP contribution in [0.1, 0.15) is 52.9 Å². The highest BCUT2D eigenvalue weighted by Gasteiger charge is 2.21. The molecule has 0 heterocycles. The van der Waals surface area contributed by atoms with Crippen LogP contribution in [-0.2, 0) is 4.79 Å². The first-order valence-corrected chi connectivity index (χ1v) is 7.81. The molecule has 0 saturated heterocycles. The topological polar surface area (TPSA) is 65.5 Å². The number of carbonyl (C=O) groups excluding carboxylic acids is 1. The first-order valence-electron chi connectivity index (χ1n) is 7.81. The summed E-state index contributed by atoms with van der Waals surface area (Å²) in [6.07, 6.45) is 6.27. The molecule has 1 aliphatic carbocycles. The molecule has 0 aliphatic heterocycles. The Bertz CT molecular complexity index is 334. The van der Waals surface area contributed by atoms with Gasteiger partial charge in [-0.05, 0) is 32.6 Å². The van der Waals surface area contributed by atoms with Crippen LogP contribution in [0.15, 0.2) is 4.99 Å². The van der Waals surface area contributed by atoms with Crippen LogP contribution in [0.2, 0.25) is 0 Å². The minimum atomic E-state index is -0.00183. The van der Waals surface area contributed by atoms with Crippen LogP contribution in [0.25, 0.3) is 0 Å². The number of rotatable bonds is 5. The smallest absolute Gasteiger partial charge is 0.239 e. The summed E-state index contributed by atoms with van der Waals surface area (Å²) in [5.74, 6) is 1.55. The summed E-state index contributed by atoms with van der Waals surface area (Å²) in [6.45, 7) is 6.44. The van der Waals surface area contributed by atoms with Gasteiger partial charge in [0.25, 0.3) is 0 Å². The molecule has 2 unspecified atom stereocenters. The zero-order valence-corrected chi connectivity index (χ0v) is 16.1. The molecule has 0 radical (unpaired) electrons. The van der Waals surface area contributed by atoms with Crippen molar-refractivity contribution in [2.24, 2.45) is 10.9 Å². The average Bonchev–Trinajstić information content (AvgIpc) is 2.42. The van der Waals surface area contributed by atoms with Gasteiger partial charge in [-0.3, -0.25) is 9.79 Å². The Morgan fingerprint density at radius 3 is 2.62 bits per heavy atom. The molecule has 1 amide bonds. The molecular formula is C15H31IN4O. The van der Waals surface area contributed by atoms with E-state index in [-0.39, 0.29) is 42.5 Å². The van der Waals surface area contributed by atoms with E-state index in [1.807, 2.05) is 13.8 Å². The Morgan fingerprint density at radius 1 is 1.33 bits per heavy atom. The molecule has 0 spiro atoms. The summed E-state index contributed by atoms with van der Waals surface area (Å²) in [7, 11) is 1.75. The van der Waals surface area contributed by atoms with Crippen LogP contribution in [0.4, 0.5) is 0 Å². The summed E-state index contributed by atoms with van der Waals surface area (Å²) < 4.78 is 0. The summed E-state index contributed by atoms with van der Waals surface area (Å²) >= 11 is 0. The molecule has 6 heteroatoms.